The Balaban J connectivity index is 2.92. The number of rotatable bonds is 2. The van der Waals surface area contributed by atoms with E-state index in [4.69, 9.17) is 11.6 Å². The Morgan fingerprint density at radius 3 is 2.38 bits per heavy atom. The van der Waals surface area contributed by atoms with Gasteiger partial charge in [0.15, 0.2) is 0 Å². The van der Waals surface area contributed by atoms with Crippen molar-refractivity contribution in [2.45, 2.75) is 40.7 Å². The fourth-order valence-electron chi connectivity index (χ4n) is 1.21. The molecule has 3 nitrogen and oxygen atoms in total. The molecule has 0 spiro atoms. The van der Waals surface area contributed by atoms with Crippen LogP contribution in [0.1, 0.15) is 33.5 Å². The zero-order valence-electron chi connectivity index (χ0n) is 8.63. The number of hydrogen-bond acceptors (Lipinski definition) is 2. The lowest BCUT2D eigenvalue weighted by molar-refractivity contribution is 0.338. The van der Waals surface area contributed by atoms with E-state index in [1.54, 1.807) is 0 Å². The van der Waals surface area contributed by atoms with Crippen LogP contribution in [0.15, 0.2) is 0 Å². The highest BCUT2D eigenvalue weighted by molar-refractivity contribution is 6.28. The smallest absolute Gasteiger partial charge is 0.225 e. The zero-order valence-corrected chi connectivity index (χ0v) is 9.39. The summed E-state index contributed by atoms with van der Waals surface area (Å²) in [5.74, 6) is 0.958. The Morgan fingerprint density at radius 2 is 1.92 bits per heavy atom. The Hall–Kier alpha value is -0.570. The standard InChI is InChI=1S/C9H16ClN3/c1-5-7-11-12-8(10)13(7)6-9(2,3)4/h5-6H2,1-4H3. The molecule has 4 heteroatoms. The van der Waals surface area contributed by atoms with Gasteiger partial charge in [-0.1, -0.05) is 27.7 Å². The predicted octanol–water partition coefficient (Wildman–Crippen LogP) is 2.54. The summed E-state index contributed by atoms with van der Waals surface area (Å²) in [6.45, 7) is 9.43. The van der Waals surface area contributed by atoms with Crippen molar-refractivity contribution in [2.24, 2.45) is 5.41 Å². The zero-order chi connectivity index (χ0) is 10.1. The molecule has 0 aliphatic carbocycles. The van der Waals surface area contributed by atoms with Crippen molar-refractivity contribution in [1.82, 2.24) is 14.8 Å². The third kappa shape index (κ3) is 2.69. The molecule has 0 bridgehead atoms. The van der Waals surface area contributed by atoms with Crippen molar-refractivity contribution in [3.63, 3.8) is 0 Å². The van der Waals surface area contributed by atoms with Gasteiger partial charge in [0, 0.05) is 13.0 Å². The summed E-state index contributed by atoms with van der Waals surface area (Å²) in [4.78, 5) is 0. The van der Waals surface area contributed by atoms with Gasteiger partial charge in [-0.2, -0.15) is 0 Å². The van der Waals surface area contributed by atoms with Crippen molar-refractivity contribution in [3.8, 4) is 0 Å². The van der Waals surface area contributed by atoms with E-state index < -0.39 is 0 Å². The molecule has 0 N–H and O–H groups in total. The first kappa shape index (κ1) is 10.5. The average molecular weight is 202 g/mol. The third-order valence-electron chi connectivity index (χ3n) is 1.73. The molecule has 0 saturated carbocycles. The molecule has 0 unspecified atom stereocenters. The Bertz CT molecular complexity index is 286. The second-order valence-electron chi connectivity index (χ2n) is 4.39. The summed E-state index contributed by atoms with van der Waals surface area (Å²) in [6, 6.07) is 0. The van der Waals surface area contributed by atoms with Crippen LogP contribution in [0.25, 0.3) is 0 Å². The average Bonchev–Trinajstić information content (AvgIpc) is 2.30. The predicted molar refractivity (Wildman–Crippen MR) is 53.9 cm³/mol. The fourth-order valence-corrected chi connectivity index (χ4v) is 1.40. The van der Waals surface area contributed by atoms with Crippen molar-refractivity contribution < 1.29 is 0 Å². The molecule has 0 aliphatic heterocycles. The number of hydrogen-bond donors (Lipinski definition) is 0. The van der Waals surface area contributed by atoms with Crippen molar-refractivity contribution >= 4 is 11.6 Å². The summed E-state index contributed by atoms with van der Waals surface area (Å²) in [7, 11) is 0. The molecule has 0 aromatic carbocycles. The summed E-state index contributed by atoms with van der Waals surface area (Å²) in [5, 5.41) is 8.34. The van der Waals surface area contributed by atoms with E-state index in [0.29, 0.717) is 5.28 Å². The lowest BCUT2D eigenvalue weighted by Crippen LogP contribution is -2.17. The van der Waals surface area contributed by atoms with Gasteiger partial charge in [-0.15, -0.1) is 10.2 Å². The molecule has 1 aromatic rings. The van der Waals surface area contributed by atoms with Crippen LogP contribution in [0, 0.1) is 5.41 Å². The van der Waals surface area contributed by atoms with E-state index in [9.17, 15) is 0 Å². The van der Waals surface area contributed by atoms with Gasteiger partial charge in [0.05, 0.1) is 0 Å². The molecule has 0 aliphatic rings. The maximum absolute atomic E-state index is 5.92. The van der Waals surface area contributed by atoms with Gasteiger partial charge in [0.2, 0.25) is 5.28 Å². The minimum absolute atomic E-state index is 0.204. The molecule has 0 radical (unpaired) electrons. The van der Waals surface area contributed by atoms with Gasteiger partial charge in [-0.25, -0.2) is 0 Å². The minimum Gasteiger partial charge on any atom is -0.301 e. The first-order chi connectivity index (χ1) is 5.94. The number of nitrogens with zero attached hydrogens (tertiary/aromatic N) is 3. The van der Waals surface area contributed by atoms with E-state index in [2.05, 4.69) is 37.9 Å². The van der Waals surface area contributed by atoms with Crippen LogP contribution in [0.3, 0.4) is 0 Å². The van der Waals surface area contributed by atoms with Gasteiger partial charge in [-0.3, -0.25) is 0 Å². The molecule has 1 rings (SSSR count). The third-order valence-corrected chi connectivity index (χ3v) is 2.01. The molecule has 0 amide bonds. The van der Waals surface area contributed by atoms with Crippen LogP contribution < -0.4 is 0 Å². The molecule has 1 heterocycles. The summed E-state index contributed by atoms with van der Waals surface area (Å²) in [5.41, 5.74) is 0.204. The molecule has 13 heavy (non-hydrogen) atoms. The maximum atomic E-state index is 5.92. The van der Waals surface area contributed by atoms with Gasteiger partial charge in [0.25, 0.3) is 0 Å². The van der Waals surface area contributed by atoms with E-state index >= 15 is 0 Å². The van der Waals surface area contributed by atoms with Crippen LogP contribution in [0.5, 0.6) is 0 Å². The highest BCUT2D eigenvalue weighted by Crippen LogP contribution is 2.20. The molecule has 0 saturated heterocycles. The minimum atomic E-state index is 0.204. The van der Waals surface area contributed by atoms with Crippen LogP contribution in [0.4, 0.5) is 0 Å². The first-order valence-electron chi connectivity index (χ1n) is 4.51. The molecule has 74 valence electrons. The first-order valence-corrected chi connectivity index (χ1v) is 4.89. The summed E-state index contributed by atoms with van der Waals surface area (Å²) >= 11 is 5.92. The summed E-state index contributed by atoms with van der Waals surface area (Å²) < 4.78 is 1.97. The van der Waals surface area contributed by atoms with E-state index in [1.807, 2.05) is 4.57 Å². The quantitative estimate of drug-likeness (QED) is 0.737. The van der Waals surface area contributed by atoms with E-state index in [-0.39, 0.29) is 5.41 Å². The Morgan fingerprint density at radius 1 is 1.31 bits per heavy atom. The van der Waals surface area contributed by atoms with Crippen LogP contribution in [-0.2, 0) is 13.0 Å². The van der Waals surface area contributed by atoms with E-state index in [1.165, 1.54) is 0 Å². The van der Waals surface area contributed by atoms with Crippen molar-refractivity contribution in [2.75, 3.05) is 0 Å². The second kappa shape index (κ2) is 3.66. The van der Waals surface area contributed by atoms with Gasteiger partial charge in [-0.05, 0) is 17.0 Å². The van der Waals surface area contributed by atoms with Crippen LogP contribution in [-0.4, -0.2) is 14.8 Å². The SMILES string of the molecule is CCc1nnc(Cl)n1CC(C)(C)C. The van der Waals surface area contributed by atoms with Crippen molar-refractivity contribution in [1.29, 1.82) is 0 Å². The number of halogens is 1. The summed E-state index contributed by atoms with van der Waals surface area (Å²) in [6.07, 6.45) is 0.871. The highest BCUT2D eigenvalue weighted by Gasteiger charge is 2.16. The molecular formula is C9H16ClN3. The normalized spacial score (nSPS) is 12.1. The topological polar surface area (TPSA) is 30.7 Å². The monoisotopic (exact) mass is 201 g/mol. The Kier molecular flexibility index (Phi) is 2.96. The second-order valence-corrected chi connectivity index (χ2v) is 4.72. The molecular weight excluding hydrogens is 186 g/mol. The Labute approximate surface area is 84.1 Å². The fraction of sp³-hybridized carbons (Fsp3) is 0.778. The van der Waals surface area contributed by atoms with Gasteiger partial charge in [0.1, 0.15) is 5.82 Å². The van der Waals surface area contributed by atoms with Gasteiger partial charge < -0.3 is 4.57 Å². The number of aromatic nitrogens is 3. The van der Waals surface area contributed by atoms with Gasteiger partial charge >= 0.3 is 0 Å². The molecule has 0 atom stereocenters. The molecule has 1 aromatic heterocycles. The largest absolute Gasteiger partial charge is 0.301 e. The van der Waals surface area contributed by atoms with Crippen molar-refractivity contribution in [3.05, 3.63) is 11.1 Å². The van der Waals surface area contributed by atoms with Crippen LogP contribution >= 0.6 is 11.6 Å². The van der Waals surface area contributed by atoms with Crippen LogP contribution in [0.2, 0.25) is 5.28 Å². The van der Waals surface area contributed by atoms with E-state index in [0.717, 1.165) is 18.8 Å². The lowest BCUT2D eigenvalue weighted by Gasteiger charge is -2.20. The number of aryl methyl sites for hydroxylation is 1. The lowest BCUT2D eigenvalue weighted by atomic mass is 9.97. The molecule has 0 fully saturated rings. The highest BCUT2D eigenvalue weighted by atomic mass is 35.5. The maximum Gasteiger partial charge on any atom is 0.225 e.